The number of rotatable bonds is 12. The molecule has 5 aromatic rings. The van der Waals surface area contributed by atoms with Crippen LogP contribution >= 0.6 is 0 Å². The maximum Gasteiger partial charge on any atom is 0.435 e. The van der Waals surface area contributed by atoms with E-state index in [-0.39, 0.29) is 23.7 Å². The molecule has 4 aromatic heterocycles. The van der Waals surface area contributed by atoms with Crippen LogP contribution in [-0.4, -0.2) is 66.3 Å². The lowest BCUT2D eigenvalue weighted by molar-refractivity contribution is -0.141. The second-order valence-electron chi connectivity index (χ2n) is 9.41. The molecule has 0 radical (unpaired) electrons. The molecule has 1 amide bonds. The SMILES string of the molecule is CCc1cc(Nc2nccn3c(-c4cn(Cc5ccncn5)nc4C(F)(F)F)cnc23)ccc1C(=O)NCCOCCN. The molecule has 0 atom stereocenters. The van der Waals surface area contributed by atoms with E-state index in [9.17, 15) is 18.0 Å². The molecule has 4 N–H and O–H groups in total. The van der Waals surface area contributed by atoms with Gasteiger partial charge in [-0.05, 0) is 36.2 Å². The molecule has 224 valence electrons. The molecule has 0 saturated carbocycles. The second-order valence-corrected chi connectivity index (χ2v) is 9.41. The van der Waals surface area contributed by atoms with Crippen molar-refractivity contribution in [2.75, 3.05) is 31.6 Å². The second kappa shape index (κ2) is 13.0. The first kappa shape index (κ1) is 29.6. The Morgan fingerprint density at radius 2 is 1.98 bits per heavy atom. The van der Waals surface area contributed by atoms with Gasteiger partial charge in [-0.15, -0.1) is 0 Å². The van der Waals surface area contributed by atoms with Gasteiger partial charge in [-0.3, -0.25) is 13.9 Å². The number of amides is 1. The first-order valence-corrected chi connectivity index (χ1v) is 13.5. The monoisotopic (exact) mass is 594 g/mol. The molecule has 15 heteroatoms. The quantitative estimate of drug-likeness (QED) is 0.185. The van der Waals surface area contributed by atoms with Gasteiger partial charge >= 0.3 is 6.18 Å². The summed E-state index contributed by atoms with van der Waals surface area (Å²) in [5, 5.41) is 9.83. The van der Waals surface area contributed by atoms with E-state index in [1.165, 1.54) is 46.4 Å². The molecule has 5 rings (SSSR count). The van der Waals surface area contributed by atoms with Gasteiger partial charge in [0.25, 0.3) is 5.91 Å². The summed E-state index contributed by atoms with van der Waals surface area (Å²) in [6.07, 6.45) is 4.40. The van der Waals surface area contributed by atoms with Gasteiger partial charge in [0, 0.05) is 49.1 Å². The number of nitrogens with zero attached hydrogens (tertiary/aromatic N) is 7. The van der Waals surface area contributed by atoms with Crippen molar-refractivity contribution >= 4 is 23.1 Å². The molecule has 12 nitrogen and oxygen atoms in total. The first-order valence-electron chi connectivity index (χ1n) is 13.5. The minimum atomic E-state index is -4.70. The van der Waals surface area contributed by atoms with Crippen LogP contribution < -0.4 is 16.4 Å². The highest BCUT2D eigenvalue weighted by molar-refractivity contribution is 5.96. The highest BCUT2D eigenvalue weighted by Crippen LogP contribution is 2.37. The number of benzene rings is 1. The van der Waals surface area contributed by atoms with Gasteiger partial charge < -0.3 is 21.1 Å². The zero-order valence-electron chi connectivity index (χ0n) is 23.2. The average Bonchev–Trinajstić information content (AvgIpc) is 3.62. The van der Waals surface area contributed by atoms with E-state index >= 15 is 0 Å². The molecular formula is C28H29F3N10O2. The molecule has 0 fully saturated rings. The lowest BCUT2D eigenvalue weighted by Gasteiger charge is -2.13. The van der Waals surface area contributed by atoms with Crippen LogP contribution in [0.15, 0.2) is 61.6 Å². The molecule has 4 heterocycles. The topological polar surface area (TPSA) is 150 Å². The molecule has 0 aliphatic carbocycles. The lowest BCUT2D eigenvalue weighted by atomic mass is 10.0. The summed E-state index contributed by atoms with van der Waals surface area (Å²) in [7, 11) is 0. The Balaban J connectivity index is 1.41. The molecule has 1 aromatic carbocycles. The normalized spacial score (nSPS) is 11.7. The lowest BCUT2D eigenvalue weighted by Crippen LogP contribution is -2.28. The number of carbonyl (C=O) groups is 1. The number of hydrogen-bond acceptors (Lipinski definition) is 9. The van der Waals surface area contributed by atoms with Crippen LogP contribution in [0.1, 0.15) is 34.2 Å². The van der Waals surface area contributed by atoms with Crippen LogP contribution in [0.25, 0.3) is 16.9 Å². The van der Waals surface area contributed by atoms with Crippen LogP contribution in [0.2, 0.25) is 0 Å². The van der Waals surface area contributed by atoms with E-state index in [1.54, 1.807) is 18.2 Å². The van der Waals surface area contributed by atoms with Crippen LogP contribution in [0.5, 0.6) is 0 Å². The molecular weight excluding hydrogens is 565 g/mol. The maximum absolute atomic E-state index is 14.0. The number of ether oxygens (including phenoxy) is 1. The number of halogens is 3. The van der Waals surface area contributed by atoms with Crippen LogP contribution in [0.4, 0.5) is 24.7 Å². The molecule has 43 heavy (non-hydrogen) atoms. The zero-order valence-corrected chi connectivity index (χ0v) is 23.2. The van der Waals surface area contributed by atoms with E-state index < -0.39 is 11.9 Å². The molecule has 0 bridgehead atoms. The van der Waals surface area contributed by atoms with Crippen molar-refractivity contribution < 1.29 is 22.7 Å². The van der Waals surface area contributed by atoms with E-state index in [4.69, 9.17) is 10.5 Å². The average molecular weight is 595 g/mol. The number of hydrogen-bond donors (Lipinski definition) is 3. The number of fused-ring (bicyclic) bond motifs is 1. The number of aromatic nitrogens is 7. The Hall–Kier alpha value is -4.89. The third-order valence-corrected chi connectivity index (χ3v) is 6.49. The van der Waals surface area contributed by atoms with Crippen molar-refractivity contribution in [3.63, 3.8) is 0 Å². The van der Waals surface area contributed by atoms with Gasteiger partial charge in [0.2, 0.25) is 0 Å². The smallest absolute Gasteiger partial charge is 0.378 e. The van der Waals surface area contributed by atoms with Gasteiger partial charge in [-0.25, -0.2) is 19.9 Å². The predicted octanol–water partition coefficient (Wildman–Crippen LogP) is 3.46. The molecule has 0 saturated heterocycles. The van der Waals surface area contributed by atoms with Crippen molar-refractivity contribution in [3.05, 3.63) is 84.1 Å². The highest BCUT2D eigenvalue weighted by atomic mass is 19.4. The Labute approximate surface area is 244 Å². The molecule has 0 unspecified atom stereocenters. The maximum atomic E-state index is 14.0. The Morgan fingerprint density at radius 1 is 1.12 bits per heavy atom. The summed E-state index contributed by atoms with van der Waals surface area (Å²) >= 11 is 0. The number of nitrogens with two attached hydrogens (primary N) is 1. The fourth-order valence-corrected chi connectivity index (χ4v) is 4.52. The zero-order chi connectivity index (χ0) is 30.4. The Bertz CT molecular complexity index is 1700. The summed E-state index contributed by atoms with van der Waals surface area (Å²) in [4.78, 5) is 29.4. The number of imidazole rings is 1. The highest BCUT2D eigenvalue weighted by Gasteiger charge is 2.38. The number of carbonyl (C=O) groups excluding carboxylic acids is 1. The number of nitrogens with one attached hydrogen (secondary N) is 2. The molecule has 0 spiro atoms. The van der Waals surface area contributed by atoms with Gasteiger partial charge in [0.15, 0.2) is 17.2 Å². The minimum absolute atomic E-state index is 0.0343. The Morgan fingerprint density at radius 3 is 2.72 bits per heavy atom. The third kappa shape index (κ3) is 6.79. The summed E-state index contributed by atoms with van der Waals surface area (Å²) < 4.78 is 50.1. The predicted molar refractivity (Wildman–Crippen MR) is 152 cm³/mol. The van der Waals surface area contributed by atoms with Crippen molar-refractivity contribution in [2.24, 2.45) is 5.73 Å². The van der Waals surface area contributed by atoms with Gasteiger partial charge in [-0.2, -0.15) is 18.3 Å². The number of anilines is 2. The Kier molecular flexibility index (Phi) is 8.92. The van der Waals surface area contributed by atoms with Crippen molar-refractivity contribution in [1.82, 2.24) is 39.4 Å². The minimum Gasteiger partial charge on any atom is -0.378 e. The fraction of sp³-hybridized carbons (Fsp3) is 0.286. The fourth-order valence-electron chi connectivity index (χ4n) is 4.52. The van der Waals surface area contributed by atoms with Crippen molar-refractivity contribution in [2.45, 2.75) is 26.1 Å². The van der Waals surface area contributed by atoms with E-state index in [0.717, 1.165) is 5.56 Å². The number of alkyl halides is 3. The third-order valence-electron chi connectivity index (χ3n) is 6.49. The number of aryl methyl sites for hydroxylation is 1. The van der Waals surface area contributed by atoms with Crippen molar-refractivity contribution in [1.29, 1.82) is 0 Å². The standard InChI is InChI=1S/C28H29F3N10O2/c1-2-18-13-19(3-4-21(18)27(42)35-9-12-43-11-6-32)38-25-26-36-14-23(41(26)10-8-34-25)22-16-40(39-24(22)28(29,30)31)15-20-5-7-33-17-37-20/h3-5,7-8,10,13-14,16-17H,2,6,9,11-12,15,32H2,1H3,(H,34,38)(H,35,42). The summed E-state index contributed by atoms with van der Waals surface area (Å²) in [6, 6.07) is 6.87. The molecule has 0 aliphatic rings. The van der Waals surface area contributed by atoms with Crippen LogP contribution in [0, 0.1) is 0 Å². The van der Waals surface area contributed by atoms with Gasteiger partial charge in [-0.1, -0.05) is 6.92 Å². The molecule has 0 aliphatic heterocycles. The summed E-state index contributed by atoms with van der Waals surface area (Å²) in [5.74, 6) is 0.102. The van der Waals surface area contributed by atoms with Crippen LogP contribution in [-0.2, 0) is 23.9 Å². The van der Waals surface area contributed by atoms with Gasteiger partial charge in [0.1, 0.15) is 6.33 Å². The summed E-state index contributed by atoms with van der Waals surface area (Å²) in [6.45, 7) is 3.52. The van der Waals surface area contributed by atoms with E-state index in [2.05, 4.69) is 35.7 Å². The van der Waals surface area contributed by atoms with Gasteiger partial charge in [0.05, 0.1) is 42.9 Å². The first-order chi connectivity index (χ1) is 20.8. The van der Waals surface area contributed by atoms with Crippen molar-refractivity contribution in [3.8, 4) is 11.3 Å². The van der Waals surface area contributed by atoms with Crippen LogP contribution in [0.3, 0.4) is 0 Å². The largest absolute Gasteiger partial charge is 0.435 e. The summed E-state index contributed by atoms with van der Waals surface area (Å²) in [5.41, 5.74) is 7.20. The van der Waals surface area contributed by atoms with E-state index in [1.807, 2.05) is 13.0 Å². The van der Waals surface area contributed by atoms with E-state index in [0.29, 0.717) is 61.1 Å².